The van der Waals surface area contributed by atoms with Crippen LogP contribution < -0.4 is 10.6 Å². The molecule has 2 N–H and O–H groups in total. The zero-order chi connectivity index (χ0) is 14.4. The Morgan fingerprint density at radius 1 is 1.35 bits per heavy atom. The molecule has 0 amide bonds. The molecule has 0 unspecified atom stereocenters. The monoisotopic (exact) mass is 274 g/mol. The summed E-state index contributed by atoms with van der Waals surface area (Å²) < 4.78 is 5.45. The molecule has 20 heavy (non-hydrogen) atoms. The zero-order valence-corrected chi connectivity index (χ0v) is 12.3. The lowest BCUT2D eigenvalue weighted by Gasteiger charge is -2.12. The van der Waals surface area contributed by atoms with E-state index in [1.165, 1.54) is 0 Å². The molecule has 2 rings (SSSR count). The van der Waals surface area contributed by atoms with Crippen LogP contribution in [0, 0.1) is 0 Å². The van der Waals surface area contributed by atoms with Crippen LogP contribution >= 0.6 is 0 Å². The Bertz CT molecular complexity index is 536. The maximum absolute atomic E-state index is 5.45. The highest BCUT2D eigenvalue weighted by atomic mass is 16.5. The predicted octanol–water partition coefficient (Wildman–Crippen LogP) is 2.71. The maximum Gasteiger partial charge on any atom is 0.170 e. The molecule has 108 valence electrons. The largest absolute Gasteiger partial charge is 0.382 e. The van der Waals surface area contributed by atoms with Crippen molar-refractivity contribution in [3.63, 3.8) is 0 Å². The van der Waals surface area contributed by atoms with Gasteiger partial charge in [-0.3, -0.25) is 4.98 Å². The van der Waals surface area contributed by atoms with Crippen LogP contribution in [0.4, 0.5) is 5.69 Å². The van der Waals surface area contributed by atoms with Gasteiger partial charge in [0.25, 0.3) is 0 Å². The number of hydrogen-bond donors (Lipinski definition) is 2. The van der Waals surface area contributed by atoms with Gasteiger partial charge in [-0.1, -0.05) is 5.16 Å². The summed E-state index contributed by atoms with van der Waals surface area (Å²) in [5.74, 6) is 0.765. The molecular formula is C15H22N4O. The SMILES string of the molecule is CNCCCc1cc(-c2cnccc2NC(C)C)on1. The van der Waals surface area contributed by atoms with Crippen molar-refractivity contribution in [3.8, 4) is 11.3 Å². The molecule has 0 spiro atoms. The number of pyridine rings is 1. The van der Waals surface area contributed by atoms with Crippen LogP contribution in [0.5, 0.6) is 0 Å². The van der Waals surface area contributed by atoms with Gasteiger partial charge < -0.3 is 15.2 Å². The number of aromatic nitrogens is 2. The van der Waals surface area contributed by atoms with Crippen molar-refractivity contribution in [2.45, 2.75) is 32.7 Å². The van der Waals surface area contributed by atoms with E-state index in [9.17, 15) is 0 Å². The van der Waals surface area contributed by atoms with Gasteiger partial charge in [-0.15, -0.1) is 0 Å². The normalized spacial score (nSPS) is 11.0. The molecule has 5 heteroatoms. The Morgan fingerprint density at radius 2 is 2.20 bits per heavy atom. The van der Waals surface area contributed by atoms with Crippen LogP contribution in [0.15, 0.2) is 29.0 Å². The smallest absolute Gasteiger partial charge is 0.170 e. The van der Waals surface area contributed by atoms with Gasteiger partial charge in [0, 0.05) is 30.2 Å². The lowest BCUT2D eigenvalue weighted by atomic mass is 10.1. The van der Waals surface area contributed by atoms with Crippen molar-refractivity contribution in [2.75, 3.05) is 18.9 Å². The van der Waals surface area contributed by atoms with Gasteiger partial charge in [-0.2, -0.15) is 0 Å². The molecule has 2 aromatic rings. The first kappa shape index (κ1) is 14.5. The van der Waals surface area contributed by atoms with E-state index in [2.05, 4.69) is 34.6 Å². The topological polar surface area (TPSA) is 63.0 Å². The van der Waals surface area contributed by atoms with Crippen LogP contribution in [-0.4, -0.2) is 29.8 Å². The molecule has 2 aromatic heterocycles. The molecule has 2 heterocycles. The maximum atomic E-state index is 5.45. The van der Waals surface area contributed by atoms with E-state index in [0.29, 0.717) is 6.04 Å². The van der Waals surface area contributed by atoms with E-state index in [1.807, 2.05) is 25.4 Å². The summed E-state index contributed by atoms with van der Waals surface area (Å²) in [5.41, 5.74) is 2.95. The Morgan fingerprint density at radius 3 is 2.95 bits per heavy atom. The highest BCUT2D eigenvalue weighted by Gasteiger charge is 2.11. The van der Waals surface area contributed by atoms with Gasteiger partial charge in [-0.25, -0.2) is 0 Å². The minimum Gasteiger partial charge on any atom is -0.382 e. The van der Waals surface area contributed by atoms with Crippen LogP contribution in [-0.2, 0) is 6.42 Å². The van der Waals surface area contributed by atoms with E-state index in [-0.39, 0.29) is 0 Å². The van der Waals surface area contributed by atoms with Gasteiger partial charge in [0.2, 0.25) is 0 Å². The van der Waals surface area contributed by atoms with E-state index >= 15 is 0 Å². The molecule has 0 aliphatic rings. The van der Waals surface area contributed by atoms with Crippen LogP contribution in [0.1, 0.15) is 26.0 Å². The van der Waals surface area contributed by atoms with Crippen LogP contribution in [0.3, 0.4) is 0 Å². The molecular weight excluding hydrogens is 252 g/mol. The van der Waals surface area contributed by atoms with Gasteiger partial charge in [0.15, 0.2) is 5.76 Å². The van der Waals surface area contributed by atoms with Crippen molar-refractivity contribution >= 4 is 5.69 Å². The number of aryl methyl sites for hydroxylation is 1. The summed E-state index contributed by atoms with van der Waals surface area (Å²) in [6, 6.07) is 4.31. The summed E-state index contributed by atoms with van der Waals surface area (Å²) in [6.45, 7) is 5.19. The number of rotatable bonds is 7. The highest BCUT2D eigenvalue weighted by molar-refractivity contribution is 5.73. The van der Waals surface area contributed by atoms with Crippen LogP contribution in [0.2, 0.25) is 0 Å². The van der Waals surface area contributed by atoms with Crippen molar-refractivity contribution in [1.29, 1.82) is 0 Å². The second-order valence-corrected chi connectivity index (χ2v) is 5.11. The van der Waals surface area contributed by atoms with Gasteiger partial charge in [0.05, 0.1) is 11.3 Å². The summed E-state index contributed by atoms with van der Waals surface area (Å²) in [5, 5.41) is 10.7. The average molecular weight is 274 g/mol. The van der Waals surface area contributed by atoms with E-state index in [0.717, 1.165) is 42.1 Å². The first-order valence-electron chi connectivity index (χ1n) is 7.02. The Labute approximate surface area is 119 Å². The molecule has 0 atom stereocenters. The van der Waals surface area contributed by atoms with Crippen LogP contribution in [0.25, 0.3) is 11.3 Å². The summed E-state index contributed by atoms with van der Waals surface area (Å²) >= 11 is 0. The molecule has 0 saturated carbocycles. The predicted molar refractivity (Wildman–Crippen MR) is 80.7 cm³/mol. The molecule has 0 aliphatic heterocycles. The standard InChI is InChI=1S/C15H22N4O/c1-11(2)18-14-6-8-17-10-13(14)15-9-12(19-20-15)5-4-7-16-3/h6,8-11,16H,4-5,7H2,1-3H3,(H,17,18). The van der Waals surface area contributed by atoms with E-state index < -0.39 is 0 Å². The molecule has 0 saturated heterocycles. The fraction of sp³-hybridized carbons (Fsp3) is 0.467. The lowest BCUT2D eigenvalue weighted by molar-refractivity contribution is 0.422. The first-order valence-corrected chi connectivity index (χ1v) is 7.02. The van der Waals surface area contributed by atoms with Crippen molar-refractivity contribution in [1.82, 2.24) is 15.5 Å². The highest BCUT2D eigenvalue weighted by Crippen LogP contribution is 2.28. The Hall–Kier alpha value is -1.88. The summed E-state index contributed by atoms with van der Waals surface area (Å²) in [4.78, 5) is 4.18. The summed E-state index contributed by atoms with van der Waals surface area (Å²) in [7, 11) is 1.95. The number of nitrogens with zero attached hydrogens (tertiary/aromatic N) is 2. The fourth-order valence-corrected chi connectivity index (χ4v) is 2.03. The molecule has 0 bridgehead atoms. The second-order valence-electron chi connectivity index (χ2n) is 5.11. The van der Waals surface area contributed by atoms with Gasteiger partial charge >= 0.3 is 0 Å². The second kappa shape index (κ2) is 7.05. The molecule has 0 radical (unpaired) electrons. The van der Waals surface area contributed by atoms with Crippen molar-refractivity contribution in [2.24, 2.45) is 0 Å². The third kappa shape index (κ3) is 3.81. The molecule has 0 aliphatic carbocycles. The third-order valence-corrected chi connectivity index (χ3v) is 2.95. The minimum absolute atomic E-state index is 0.356. The average Bonchev–Trinajstić information content (AvgIpc) is 2.88. The fourth-order valence-electron chi connectivity index (χ4n) is 2.03. The number of nitrogens with one attached hydrogen (secondary N) is 2. The first-order chi connectivity index (χ1) is 9.70. The van der Waals surface area contributed by atoms with E-state index in [4.69, 9.17) is 4.52 Å². The van der Waals surface area contributed by atoms with E-state index in [1.54, 1.807) is 6.20 Å². The van der Waals surface area contributed by atoms with Gasteiger partial charge in [0.1, 0.15) is 0 Å². The minimum atomic E-state index is 0.356. The third-order valence-electron chi connectivity index (χ3n) is 2.95. The molecule has 0 fully saturated rings. The Balaban J connectivity index is 2.15. The lowest BCUT2D eigenvalue weighted by Crippen LogP contribution is -2.10. The summed E-state index contributed by atoms with van der Waals surface area (Å²) in [6.07, 6.45) is 5.55. The number of hydrogen-bond acceptors (Lipinski definition) is 5. The van der Waals surface area contributed by atoms with Crippen molar-refractivity contribution < 1.29 is 4.52 Å². The number of anilines is 1. The Kier molecular flexibility index (Phi) is 5.12. The molecule has 5 nitrogen and oxygen atoms in total. The molecule has 0 aromatic carbocycles. The zero-order valence-electron chi connectivity index (χ0n) is 12.3. The van der Waals surface area contributed by atoms with Gasteiger partial charge in [-0.05, 0) is 46.3 Å². The quantitative estimate of drug-likeness (QED) is 0.760. The van der Waals surface area contributed by atoms with Crippen molar-refractivity contribution in [3.05, 3.63) is 30.2 Å².